The van der Waals surface area contributed by atoms with E-state index in [0.717, 1.165) is 11.8 Å². The molecule has 3 aromatic rings. The van der Waals surface area contributed by atoms with Gasteiger partial charge in [-0.3, -0.25) is 4.99 Å². The Morgan fingerprint density at radius 2 is 1.97 bits per heavy atom. The van der Waals surface area contributed by atoms with Crippen LogP contribution in [0.5, 0.6) is 0 Å². The number of fused-ring (bicyclic) bond motifs is 1. The number of nitrogens with two attached hydrogens (primary N) is 1. The normalized spacial score (nSPS) is 23.1. The molecule has 0 unspecified atom stereocenters. The molecule has 4 heterocycles. The van der Waals surface area contributed by atoms with Crippen LogP contribution >= 0.6 is 11.8 Å². The summed E-state index contributed by atoms with van der Waals surface area (Å²) in [4.78, 5) is 20.5. The highest BCUT2D eigenvalue weighted by molar-refractivity contribution is 8.15. The maximum atomic E-state index is 14.7. The van der Waals surface area contributed by atoms with E-state index in [9.17, 15) is 13.2 Å². The van der Waals surface area contributed by atoms with E-state index in [2.05, 4.69) is 30.2 Å². The zero-order valence-corrected chi connectivity index (χ0v) is 17.8. The van der Waals surface area contributed by atoms with Gasteiger partial charge in [-0.25, -0.2) is 28.7 Å². The summed E-state index contributed by atoms with van der Waals surface area (Å²) in [6, 6.07) is 4.99. The Kier molecular flexibility index (Phi) is 5.37. The van der Waals surface area contributed by atoms with Gasteiger partial charge in [0.25, 0.3) is 6.43 Å². The Hall–Kier alpha value is -3.46. The van der Waals surface area contributed by atoms with Crippen molar-refractivity contribution in [1.29, 1.82) is 5.26 Å². The number of nitrogens with one attached hydrogen (secondary N) is 1. The monoisotopic (exact) mass is 458 g/mol. The van der Waals surface area contributed by atoms with E-state index in [4.69, 9.17) is 11.0 Å². The maximum absolute atomic E-state index is 14.7. The molecule has 32 heavy (non-hydrogen) atoms. The van der Waals surface area contributed by atoms with Crippen LogP contribution in [0, 0.1) is 17.3 Å². The van der Waals surface area contributed by atoms with Crippen LogP contribution in [-0.2, 0) is 5.54 Å². The van der Waals surface area contributed by atoms with Gasteiger partial charge in [0.2, 0.25) is 5.95 Å². The molecule has 12 heteroatoms. The third kappa shape index (κ3) is 3.91. The lowest BCUT2D eigenvalue weighted by Gasteiger charge is -2.40. The number of amidine groups is 1. The van der Waals surface area contributed by atoms with Crippen molar-refractivity contribution in [3.05, 3.63) is 47.9 Å². The van der Waals surface area contributed by atoms with Crippen LogP contribution in [0.1, 0.15) is 31.4 Å². The highest BCUT2D eigenvalue weighted by Crippen LogP contribution is 2.48. The number of hydrogen-bond donors (Lipinski definition) is 2. The van der Waals surface area contributed by atoms with Crippen LogP contribution in [0.4, 0.5) is 24.7 Å². The van der Waals surface area contributed by atoms with Crippen molar-refractivity contribution in [2.75, 3.05) is 5.32 Å². The summed E-state index contributed by atoms with van der Waals surface area (Å²) in [5.41, 5.74) is 6.04. The van der Waals surface area contributed by atoms with E-state index in [1.807, 2.05) is 6.07 Å². The number of halogens is 3. The van der Waals surface area contributed by atoms with Crippen molar-refractivity contribution in [2.45, 2.75) is 37.0 Å². The van der Waals surface area contributed by atoms with Gasteiger partial charge in [-0.2, -0.15) is 9.65 Å². The van der Waals surface area contributed by atoms with Gasteiger partial charge in [0.1, 0.15) is 17.9 Å². The third-order valence-corrected chi connectivity index (χ3v) is 6.23. The molecule has 0 saturated carbocycles. The first-order valence-electron chi connectivity index (χ1n) is 9.40. The van der Waals surface area contributed by atoms with Gasteiger partial charge in [0.05, 0.1) is 33.3 Å². The molecular weight excluding hydrogens is 441 g/mol. The van der Waals surface area contributed by atoms with Crippen molar-refractivity contribution in [3.8, 4) is 6.07 Å². The van der Waals surface area contributed by atoms with Crippen molar-refractivity contribution >= 4 is 39.5 Å². The molecule has 1 aliphatic heterocycles. The van der Waals surface area contributed by atoms with Gasteiger partial charge in [-0.15, -0.1) is 0 Å². The summed E-state index contributed by atoms with van der Waals surface area (Å²) in [6.45, 7) is 2.93. The van der Waals surface area contributed by atoms with Gasteiger partial charge in [0.15, 0.2) is 11.0 Å². The van der Waals surface area contributed by atoms with Gasteiger partial charge in [-0.05, 0) is 32.4 Å². The molecule has 8 nitrogen and oxygen atoms in total. The molecule has 0 bridgehead atoms. The van der Waals surface area contributed by atoms with Gasteiger partial charge < -0.3 is 11.1 Å². The summed E-state index contributed by atoms with van der Waals surface area (Å²) in [5.74, 6) is -0.522. The number of pyridine rings is 2. The van der Waals surface area contributed by atoms with E-state index in [1.54, 1.807) is 13.0 Å². The summed E-state index contributed by atoms with van der Waals surface area (Å²) < 4.78 is 40.6. The number of alkyl halides is 2. The average molecular weight is 458 g/mol. The molecule has 4 rings (SSSR count). The minimum absolute atomic E-state index is 0.0238. The number of rotatable bonds is 4. The molecule has 3 aromatic heterocycles. The van der Waals surface area contributed by atoms with Crippen LogP contribution in [-0.4, -0.2) is 36.3 Å². The fourth-order valence-corrected chi connectivity index (χ4v) is 4.84. The predicted octanol–water partition coefficient (Wildman–Crippen LogP) is 3.86. The fraction of sp³-hybridized carbons (Fsp3) is 0.300. The van der Waals surface area contributed by atoms with Gasteiger partial charge in [-0.1, -0.05) is 11.8 Å². The molecule has 0 radical (unpaired) electrons. The standard InChI is InChI=1S/C20H17F3N8S/c1-19(8-20(2,17(22)23)32-18(25)31-19)12-4-11(7-27-15(12)21)30-16-14-13(28-9-29-16)3-10(5-24)6-26-14/h3-4,6-7,9,17H,8H2,1-2H3,(H2,25,31)(H,28,29,30)/t19-,20+/m0/s1. The van der Waals surface area contributed by atoms with Crippen LogP contribution in [0.3, 0.4) is 0 Å². The summed E-state index contributed by atoms with van der Waals surface area (Å²) in [7, 11) is 0. The average Bonchev–Trinajstić information content (AvgIpc) is 2.73. The largest absolute Gasteiger partial charge is 0.378 e. The Bertz CT molecular complexity index is 1280. The quantitative estimate of drug-likeness (QED) is 0.565. The lowest BCUT2D eigenvalue weighted by molar-refractivity contribution is 0.0892. The SMILES string of the molecule is C[C@]1(C(F)F)C[C@@](C)(c2cc(Nc3ncnc4cc(C#N)cnc34)cnc2F)N=C(N)S1. The molecule has 0 saturated heterocycles. The lowest BCUT2D eigenvalue weighted by atomic mass is 9.83. The molecule has 0 aliphatic carbocycles. The lowest BCUT2D eigenvalue weighted by Crippen LogP contribution is -2.44. The summed E-state index contributed by atoms with van der Waals surface area (Å²) >= 11 is 0.782. The van der Waals surface area contributed by atoms with Crippen LogP contribution in [0.25, 0.3) is 11.0 Å². The van der Waals surface area contributed by atoms with E-state index >= 15 is 0 Å². The van der Waals surface area contributed by atoms with Crippen LogP contribution in [0.2, 0.25) is 0 Å². The minimum Gasteiger partial charge on any atom is -0.378 e. The number of nitrogens with zero attached hydrogens (tertiary/aromatic N) is 6. The second-order valence-electron chi connectivity index (χ2n) is 7.73. The molecule has 1 aliphatic rings. The fourth-order valence-electron chi connectivity index (χ4n) is 3.67. The van der Waals surface area contributed by atoms with E-state index in [0.29, 0.717) is 28.1 Å². The Balaban J connectivity index is 1.74. The van der Waals surface area contributed by atoms with Crippen molar-refractivity contribution in [3.63, 3.8) is 0 Å². The number of thioether (sulfide) groups is 1. The molecule has 0 fully saturated rings. The highest BCUT2D eigenvalue weighted by Gasteiger charge is 2.48. The molecule has 0 amide bonds. The van der Waals surface area contributed by atoms with Crippen molar-refractivity contribution in [1.82, 2.24) is 19.9 Å². The van der Waals surface area contributed by atoms with Gasteiger partial charge >= 0.3 is 0 Å². The first-order valence-corrected chi connectivity index (χ1v) is 10.2. The number of hydrogen-bond acceptors (Lipinski definition) is 9. The smallest absolute Gasteiger partial charge is 0.253 e. The highest BCUT2D eigenvalue weighted by atomic mass is 32.2. The molecule has 0 aromatic carbocycles. The second-order valence-corrected chi connectivity index (χ2v) is 9.28. The number of aliphatic imine (C=N–C) groups is 1. The van der Waals surface area contributed by atoms with Crippen molar-refractivity contribution < 1.29 is 13.2 Å². The Morgan fingerprint density at radius 3 is 2.69 bits per heavy atom. The maximum Gasteiger partial charge on any atom is 0.253 e. The number of nitriles is 1. The topological polar surface area (TPSA) is 126 Å². The molecular formula is C20H17F3N8S. The first-order chi connectivity index (χ1) is 15.1. The van der Waals surface area contributed by atoms with E-state index < -0.39 is 22.7 Å². The number of aromatic nitrogens is 4. The molecule has 164 valence electrons. The summed E-state index contributed by atoms with van der Waals surface area (Å²) in [5, 5.41) is 12.0. The zero-order chi connectivity index (χ0) is 23.1. The van der Waals surface area contributed by atoms with Crippen LogP contribution in [0.15, 0.2) is 35.8 Å². The van der Waals surface area contributed by atoms with E-state index in [-0.39, 0.29) is 17.2 Å². The molecule has 2 atom stereocenters. The Labute approximate surface area is 185 Å². The zero-order valence-electron chi connectivity index (χ0n) is 17.0. The first kappa shape index (κ1) is 21.8. The second kappa shape index (κ2) is 7.90. The molecule has 0 spiro atoms. The Morgan fingerprint density at radius 1 is 1.19 bits per heavy atom. The van der Waals surface area contributed by atoms with Gasteiger partial charge in [0, 0.05) is 11.8 Å². The minimum atomic E-state index is -2.69. The predicted molar refractivity (Wildman–Crippen MR) is 115 cm³/mol. The number of anilines is 2. The third-order valence-electron chi connectivity index (χ3n) is 5.14. The van der Waals surface area contributed by atoms with Crippen molar-refractivity contribution in [2.24, 2.45) is 10.7 Å². The van der Waals surface area contributed by atoms with E-state index in [1.165, 1.54) is 31.7 Å². The molecule has 3 N–H and O–H groups in total. The van der Waals surface area contributed by atoms with Crippen LogP contribution < -0.4 is 11.1 Å². The summed E-state index contributed by atoms with van der Waals surface area (Å²) in [6.07, 6.45) is 1.10.